The molecule has 0 spiro atoms. The largest absolute Gasteiger partial charge is 0.457 e. The summed E-state index contributed by atoms with van der Waals surface area (Å²) in [5.74, 6) is 1.22. The van der Waals surface area contributed by atoms with E-state index >= 15 is 0 Å². The van der Waals surface area contributed by atoms with Crippen LogP contribution in [0.4, 0.5) is 0 Å². The fraction of sp³-hybridized carbons (Fsp3) is 0.619. The van der Waals surface area contributed by atoms with Crippen molar-refractivity contribution in [3.8, 4) is 0 Å². The van der Waals surface area contributed by atoms with E-state index in [4.69, 9.17) is 4.74 Å². The average molecular weight is 406 g/mol. The van der Waals surface area contributed by atoms with Gasteiger partial charge in [0.15, 0.2) is 12.4 Å². The van der Waals surface area contributed by atoms with Crippen LogP contribution < -0.4 is 0 Å². The van der Waals surface area contributed by atoms with Crippen LogP contribution in [0, 0.1) is 17.8 Å². The lowest BCUT2D eigenvalue weighted by atomic mass is 9.86. The number of hydrogen-bond donors (Lipinski definition) is 0. The summed E-state index contributed by atoms with van der Waals surface area (Å²) in [5, 5.41) is 0. The number of hydrogen-bond acceptors (Lipinski definition) is 5. The molecule has 1 saturated heterocycles. The van der Waals surface area contributed by atoms with Gasteiger partial charge in [-0.1, -0.05) is 6.42 Å². The second-order valence-electron chi connectivity index (χ2n) is 8.36. The van der Waals surface area contributed by atoms with Crippen molar-refractivity contribution in [2.45, 2.75) is 49.8 Å². The van der Waals surface area contributed by atoms with E-state index in [1.165, 1.54) is 47.8 Å². The van der Waals surface area contributed by atoms with Gasteiger partial charge in [0.1, 0.15) is 0 Å². The first-order chi connectivity index (χ1) is 13.4. The van der Waals surface area contributed by atoms with Gasteiger partial charge in [0.2, 0.25) is 10.0 Å². The number of nitrogens with zero attached hydrogens (tertiary/aromatic N) is 1. The summed E-state index contributed by atoms with van der Waals surface area (Å²) in [6.45, 7) is 0.793. The van der Waals surface area contributed by atoms with E-state index < -0.39 is 10.0 Å². The lowest BCUT2D eigenvalue weighted by molar-refractivity contribution is -0.144. The van der Waals surface area contributed by atoms with Gasteiger partial charge in [-0.15, -0.1) is 0 Å². The van der Waals surface area contributed by atoms with E-state index in [0.717, 1.165) is 25.2 Å². The van der Waals surface area contributed by atoms with Crippen LogP contribution in [0.2, 0.25) is 0 Å². The maximum atomic E-state index is 12.5. The minimum Gasteiger partial charge on any atom is -0.457 e. The molecule has 1 aliphatic heterocycles. The molecule has 152 valence electrons. The highest BCUT2D eigenvalue weighted by Crippen LogP contribution is 2.49. The first-order valence-corrected chi connectivity index (χ1v) is 11.7. The Balaban J connectivity index is 1.29. The number of rotatable bonds is 7. The van der Waals surface area contributed by atoms with Gasteiger partial charge >= 0.3 is 5.97 Å². The maximum Gasteiger partial charge on any atom is 0.306 e. The van der Waals surface area contributed by atoms with Crippen molar-refractivity contribution in [3.05, 3.63) is 29.8 Å². The Morgan fingerprint density at radius 1 is 1.04 bits per heavy atom. The van der Waals surface area contributed by atoms with E-state index in [1.807, 2.05) is 0 Å². The molecule has 7 heteroatoms. The minimum absolute atomic E-state index is 0.194. The molecule has 1 heterocycles. The Kier molecular flexibility index (Phi) is 5.56. The lowest BCUT2D eigenvalue weighted by Crippen LogP contribution is -2.27. The number of ketones is 1. The van der Waals surface area contributed by atoms with E-state index in [0.29, 0.717) is 36.9 Å². The molecule has 0 radical (unpaired) electrons. The maximum absolute atomic E-state index is 12.5. The SMILES string of the molecule is O=C(C[C@@H]1C[C@H]2CC[C@@H]1C2)OCC(=O)c1ccc(S(=O)(=O)N2CCCC2)cc1. The molecule has 1 aromatic carbocycles. The number of ether oxygens (including phenoxy) is 1. The van der Waals surface area contributed by atoms with Gasteiger partial charge in [-0.2, -0.15) is 4.31 Å². The topological polar surface area (TPSA) is 80.8 Å². The second-order valence-corrected chi connectivity index (χ2v) is 10.3. The van der Waals surface area contributed by atoms with Crippen LogP contribution in [0.15, 0.2) is 29.2 Å². The first kappa shape index (κ1) is 19.6. The molecular formula is C21H27NO5S. The number of carbonyl (C=O) groups excluding carboxylic acids is 2. The molecule has 0 amide bonds. The summed E-state index contributed by atoms with van der Waals surface area (Å²) in [5.41, 5.74) is 0.355. The van der Waals surface area contributed by atoms with Crippen molar-refractivity contribution in [3.63, 3.8) is 0 Å². The van der Waals surface area contributed by atoms with Gasteiger partial charge in [-0.05, 0) is 74.1 Å². The van der Waals surface area contributed by atoms with Crippen molar-refractivity contribution in [1.29, 1.82) is 0 Å². The minimum atomic E-state index is -3.49. The Morgan fingerprint density at radius 3 is 2.36 bits per heavy atom. The third-order valence-electron chi connectivity index (χ3n) is 6.56. The molecule has 2 saturated carbocycles. The third-order valence-corrected chi connectivity index (χ3v) is 8.47. The van der Waals surface area contributed by atoms with Crippen LogP contribution in [0.25, 0.3) is 0 Å². The fourth-order valence-corrected chi connectivity index (χ4v) is 6.54. The smallest absolute Gasteiger partial charge is 0.306 e. The number of Topliss-reactive ketones (excluding diaryl/α,β-unsaturated/α-hetero) is 1. The van der Waals surface area contributed by atoms with Crippen LogP contribution in [-0.2, 0) is 19.6 Å². The quantitative estimate of drug-likeness (QED) is 0.514. The summed E-state index contributed by atoms with van der Waals surface area (Å²) in [7, 11) is -3.49. The highest BCUT2D eigenvalue weighted by molar-refractivity contribution is 7.89. The Labute approximate surface area is 166 Å². The van der Waals surface area contributed by atoms with Gasteiger partial charge < -0.3 is 4.74 Å². The average Bonchev–Trinajstić information content (AvgIpc) is 3.44. The molecule has 0 aromatic heterocycles. The number of sulfonamides is 1. The van der Waals surface area contributed by atoms with E-state index in [1.54, 1.807) is 0 Å². The predicted molar refractivity (Wildman–Crippen MR) is 103 cm³/mol. The van der Waals surface area contributed by atoms with Gasteiger partial charge in [0.25, 0.3) is 0 Å². The van der Waals surface area contributed by atoms with Crippen LogP contribution in [-0.4, -0.2) is 44.2 Å². The Hall–Kier alpha value is -1.73. The van der Waals surface area contributed by atoms with Crippen molar-refractivity contribution in [2.24, 2.45) is 17.8 Å². The molecule has 3 atom stereocenters. The first-order valence-electron chi connectivity index (χ1n) is 10.2. The monoisotopic (exact) mass is 405 g/mol. The summed E-state index contributed by atoms with van der Waals surface area (Å²) in [4.78, 5) is 24.6. The molecule has 0 unspecified atom stereocenters. The standard InChI is InChI=1S/C21H27NO5S/c23-20(14-27-21(24)13-18-12-15-3-4-17(18)11-15)16-5-7-19(8-6-16)28(25,26)22-9-1-2-10-22/h5-8,15,17-18H,1-4,9-14H2/t15-,17+,18-/m0/s1. The van der Waals surface area contributed by atoms with Crippen molar-refractivity contribution >= 4 is 21.8 Å². The van der Waals surface area contributed by atoms with Crippen LogP contribution in [0.1, 0.15) is 55.3 Å². The molecule has 3 aliphatic rings. The molecule has 3 fully saturated rings. The van der Waals surface area contributed by atoms with Crippen molar-refractivity contribution in [1.82, 2.24) is 4.31 Å². The molecule has 6 nitrogen and oxygen atoms in total. The Bertz CT molecular complexity index is 842. The normalized spacial score (nSPS) is 27.2. The van der Waals surface area contributed by atoms with Crippen molar-refractivity contribution in [2.75, 3.05) is 19.7 Å². The summed E-state index contributed by atoms with van der Waals surface area (Å²) >= 11 is 0. The van der Waals surface area contributed by atoms with Crippen LogP contribution >= 0.6 is 0 Å². The summed E-state index contributed by atoms with van der Waals surface area (Å²) < 4.78 is 31.7. The van der Waals surface area contributed by atoms with E-state index in [-0.39, 0.29) is 23.3 Å². The molecule has 28 heavy (non-hydrogen) atoms. The van der Waals surface area contributed by atoms with Gasteiger partial charge in [0, 0.05) is 25.1 Å². The second kappa shape index (κ2) is 7.95. The van der Waals surface area contributed by atoms with Gasteiger partial charge in [-0.3, -0.25) is 9.59 Å². The number of benzene rings is 1. The molecular weight excluding hydrogens is 378 g/mol. The highest BCUT2D eigenvalue weighted by atomic mass is 32.2. The molecule has 1 aromatic rings. The van der Waals surface area contributed by atoms with Gasteiger partial charge in [0.05, 0.1) is 4.90 Å². The van der Waals surface area contributed by atoms with Crippen molar-refractivity contribution < 1.29 is 22.7 Å². The zero-order valence-corrected chi connectivity index (χ0v) is 16.8. The molecule has 0 N–H and O–H groups in total. The van der Waals surface area contributed by atoms with Crippen LogP contribution in [0.5, 0.6) is 0 Å². The predicted octanol–water partition coefficient (Wildman–Crippen LogP) is 3.02. The summed E-state index contributed by atoms with van der Waals surface area (Å²) in [6.07, 6.45) is 7.02. The number of fused-ring (bicyclic) bond motifs is 2. The molecule has 2 aliphatic carbocycles. The summed E-state index contributed by atoms with van der Waals surface area (Å²) in [6, 6.07) is 5.90. The van der Waals surface area contributed by atoms with Gasteiger partial charge in [-0.25, -0.2) is 8.42 Å². The number of esters is 1. The number of carbonyl (C=O) groups is 2. The Morgan fingerprint density at radius 2 is 1.75 bits per heavy atom. The zero-order chi connectivity index (χ0) is 19.7. The van der Waals surface area contributed by atoms with E-state index in [9.17, 15) is 18.0 Å². The lowest BCUT2D eigenvalue weighted by Gasteiger charge is -2.20. The van der Waals surface area contributed by atoms with Crippen LogP contribution in [0.3, 0.4) is 0 Å². The van der Waals surface area contributed by atoms with E-state index in [2.05, 4.69) is 0 Å². The fourth-order valence-electron chi connectivity index (χ4n) is 5.02. The zero-order valence-electron chi connectivity index (χ0n) is 16.0. The molecule has 4 rings (SSSR count). The third kappa shape index (κ3) is 4.01. The highest BCUT2D eigenvalue weighted by Gasteiger charge is 2.40. The molecule has 2 bridgehead atoms.